The second-order valence-electron chi connectivity index (χ2n) is 4.93. The van der Waals surface area contributed by atoms with Gasteiger partial charge >= 0.3 is 0 Å². The van der Waals surface area contributed by atoms with E-state index in [4.69, 9.17) is 10.5 Å². The van der Waals surface area contributed by atoms with Crippen molar-refractivity contribution in [1.29, 1.82) is 0 Å². The van der Waals surface area contributed by atoms with Crippen LogP contribution in [0.15, 0.2) is 16.6 Å². The summed E-state index contributed by atoms with van der Waals surface area (Å²) in [6.07, 6.45) is 6.08. The molecule has 18 heavy (non-hydrogen) atoms. The van der Waals surface area contributed by atoms with Crippen molar-refractivity contribution in [3.63, 3.8) is 0 Å². The standard InChI is InChI=1S/C14H19BrFNO/c1-18-13-8-12(16)11(15)7-10(13)14(17)9-5-3-2-4-6-9/h7-9,14H,2-6,17H2,1H3. The Morgan fingerprint density at radius 1 is 1.33 bits per heavy atom. The zero-order chi connectivity index (χ0) is 13.1. The van der Waals surface area contributed by atoms with E-state index < -0.39 is 0 Å². The van der Waals surface area contributed by atoms with Crippen molar-refractivity contribution in [2.45, 2.75) is 38.1 Å². The van der Waals surface area contributed by atoms with Gasteiger partial charge in [-0.2, -0.15) is 0 Å². The third-order valence-corrected chi connectivity index (χ3v) is 4.40. The third kappa shape index (κ3) is 2.86. The van der Waals surface area contributed by atoms with Crippen molar-refractivity contribution >= 4 is 15.9 Å². The van der Waals surface area contributed by atoms with E-state index in [-0.39, 0.29) is 11.9 Å². The number of benzene rings is 1. The van der Waals surface area contributed by atoms with E-state index in [2.05, 4.69) is 15.9 Å². The highest BCUT2D eigenvalue weighted by Gasteiger charge is 2.25. The Morgan fingerprint density at radius 2 is 2.00 bits per heavy atom. The summed E-state index contributed by atoms with van der Waals surface area (Å²) in [5.41, 5.74) is 7.24. The van der Waals surface area contributed by atoms with Crippen LogP contribution in [-0.2, 0) is 0 Å². The van der Waals surface area contributed by atoms with Gasteiger partial charge in [0.25, 0.3) is 0 Å². The van der Waals surface area contributed by atoms with Crippen LogP contribution in [0, 0.1) is 11.7 Å². The molecule has 1 aromatic carbocycles. The summed E-state index contributed by atoms with van der Waals surface area (Å²) in [4.78, 5) is 0. The number of halogens is 2. The molecule has 0 amide bonds. The summed E-state index contributed by atoms with van der Waals surface area (Å²) < 4.78 is 19.2. The molecule has 0 aliphatic heterocycles. The average Bonchev–Trinajstić information content (AvgIpc) is 2.41. The molecule has 2 nitrogen and oxygen atoms in total. The predicted molar refractivity (Wildman–Crippen MR) is 74.2 cm³/mol. The number of ether oxygens (including phenoxy) is 1. The van der Waals surface area contributed by atoms with Crippen LogP contribution in [0.25, 0.3) is 0 Å². The van der Waals surface area contributed by atoms with E-state index in [1.807, 2.05) is 0 Å². The topological polar surface area (TPSA) is 35.2 Å². The van der Waals surface area contributed by atoms with Crippen LogP contribution < -0.4 is 10.5 Å². The van der Waals surface area contributed by atoms with E-state index in [1.165, 1.54) is 25.3 Å². The highest BCUT2D eigenvalue weighted by molar-refractivity contribution is 9.10. The summed E-state index contributed by atoms with van der Waals surface area (Å²) in [5.74, 6) is 0.713. The number of hydrogen-bond donors (Lipinski definition) is 1. The number of hydrogen-bond acceptors (Lipinski definition) is 2. The van der Waals surface area contributed by atoms with Gasteiger partial charge in [0.05, 0.1) is 11.6 Å². The van der Waals surface area contributed by atoms with E-state index in [0.29, 0.717) is 16.1 Å². The van der Waals surface area contributed by atoms with Crippen LogP contribution in [-0.4, -0.2) is 7.11 Å². The van der Waals surface area contributed by atoms with Crippen molar-refractivity contribution in [3.05, 3.63) is 28.0 Å². The second kappa shape index (κ2) is 6.02. The Balaban J connectivity index is 2.27. The van der Waals surface area contributed by atoms with Crippen molar-refractivity contribution < 1.29 is 9.13 Å². The Hall–Kier alpha value is -0.610. The Labute approximate surface area is 116 Å². The third-order valence-electron chi connectivity index (χ3n) is 3.79. The Bertz CT molecular complexity index is 419. The largest absolute Gasteiger partial charge is 0.496 e. The first kappa shape index (κ1) is 13.8. The maximum atomic E-state index is 13.5. The van der Waals surface area contributed by atoms with Gasteiger partial charge in [-0.05, 0) is 40.8 Å². The van der Waals surface area contributed by atoms with Crippen LogP contribution in [0.2, 0.25) is 0 Å². The highest BCUT2D eigenvalue weighted by Crippen LogP contribution is 2.38. The molecule has 0 aromatic heterocycles. The fourth-order valence-electron chi connectivity index (χ4n) is 2.73. The molecule has 1 fully saturated rings. The van der Waals surface area contributed by atoms with Crippen LogP contribution in [0.3, 0.4) is 0 Å². The monoisotopic (exact) mass is 315 g/mol. The molecule has 0 spiro atoms. The van der Waals surface area contributed by atoms with E-state index >= 15 is 0 Å². The van der Waals surface area contributed by atoms with Crippen molar-refractivity contribution in [2.24, 2.45) is 11.7 Å². The summed E-state index contributed by atoms with van der Waals surface area (Å²) in [5, 5.41) is 0. The molecular formula is C14H19BrFNO. The molecule has 0 heterocycles. The number of nitrogens with two attached hydrogens (primary N) is 1. The second-order valence-corrected chi connectivity index (χ2v) is 5.79. The van der Waals surface area contributed by atoms with Gasteiger partial charge < -0.3 is 10.5 Å². The lowest BCUT2D eigenvalue weighted by Crippen LogP contribution is -2.24. The molecule has 1 aromatic rings. The number of methoxy groups -OCH3 is 1. The molecule has 2 N–H and O–H groups in total. The Morgan fingerprint density at radius 3 is 2.61 bits per heavy atom. The zero-order valence-electron chi connectivity index (χ0n) is 10.6. The first-order valence-electron chi connectivity index (χ1n) is 6.42. The Kier molecular flexibility index (Phi) is 4.62. The minimum absolute atomic E-state index is 0.0721. The normalized spacial score (nSPS) is 18.7. The molecule has 100 valence electrons. The smallest absolute Gasteiger partial charge is 0.141 e. The maximum Gasteiger partial charge on any atom is 0.141 e. The fourth-order valence-corrected chi connectivity index (χ4v) is 3.09. The summed E-state index contributed by atoms with van der Waals surface area (Å²) in [7, 11) is 1.56. The van der Waals surface area contributed by atoms with E-state index in [1.54, 1.807) is 13.2 Å². The quantitative estimate of drug-likeness (QED) is 0.908. The van der Waals surface area contributed by atoms with E-state index in [9.17, 15) is 4.39 Å². The number of rotatable bonds is 3. The molecule has 1 saturated carbocycles. The van der Waals surface area contributed by atoms with Crippen LogP contribution in [0.5, 0.6) is 5.75 Å². The van der Waals surface area contributed by atoms with Gasteiger partial charge in [0.2, 0.25) is 0 Å². The minimum Gasteiger partial charge on any atom is -0.496 e. The predicted octanol–water partition coefficient (Wildman–Crippen LogP) is 4.18. The summed E-state index contributed by atoms with van der Waals surface area (Å²) >= 11 is 3.22. The molecule has 1 aliphatic carbocycles. The molecule has 4 heteroatoms. The van der Waals surface area contributed by atoms with Gasteiger partial charge in [-0.25, -0.2) is 4.39 Å². The first-order valence-corrected chi connectivity index (χ1v) is 7.21. The molecular weight excluding hydrogens is 297 g/mol. The van der Waals surface area contributed by atoms with Gasteiger partial charge in [-0.15, -0.1) is 0 Å². The SMILES string of the molecule is COc1cc(F)c(Br)cc1C(N)C1CCCCC1. The van der Waals surface area contributed by atoms with Crippen LogP contribution >= 0.6 is 15.9 Å². The lowest BCUT2D eigenvalue weighted by molar-refractivity contribution is 0.300. The molecule has 0 radical (unpaired) electrons. The fraction of sp³-hybridized carbons (Fsp3) is 0.571. The molecule has 2 rings (SSSR count). The molecule has 0 saturated heterocycles. The lowest BCUT2D eigenvalue weighted by atomic mass is 9.81. The molecule has 1 aliphatic rings. The molecule has 1 atom stereocenters. The van der Waals surface area contributed by atoms with Gasteiger partial charge in [0.1, 0.15) is 11.6 Å². The van der Waals surface area contributed by atoms with Crippen molar-refractivity contribution in [2.75, 3.05) is 7.11 Å². The minimum atomic E-state index is -0.313. The molecule has 1 unspecified atom stereocenters. The average molecular weight is 316 g/mol. The highest BCUT2D eigenvalue weighted by atomic mass is 79.9. The van der Waals surface area contributed by atoms with Gasteiger partial charge in [-0.1, -0.05) is 19.3 Å². The van der Waals surface area contributed by atoms with Crippen molar-refractivity contribution in [1.82, 2.24) is 0 Å². The zero-order valence-corrected chi connectivity index (χ0v) is 12.2. The van der Waals surface area contributed by atoms with Crippen molar-refractivity contribution in [3.8, 4) is 5.75 Å². The lowest BCUT2D eigenvalue weighted by Gasteiger charge is -2.28. The first-order chi connectivity index (χ1) is 8.63. The van der Waals surface area contributed by atoms with Crippen LogP contribution in [0.4, 0.5) is 4.39 Å². The summed E-state index contributed by atoms with van der Waals surface area (Å²) in [6, 6.07) is 3.09. The molecule has 0 bridgehead atoms. The maximum absolute atomic E-state index is 13.5. The van der Waals surface area contributed by atoms with Crippen LogP contribution in [0.1, 0.15) is 43.7 Å². The van der Waals surface area contributed by atoms with Gasteiger partial charge in [0, 0.05) is 17.7 Å². The van der Waals surface area contributed by atoms with Gasteiger partial charge in [0.15, 0.2) is 0 Å². The summed E-state index contributed by atoms with van der Waals surface area (Å²) in [6.45, 7) is 0. The van der Waals surface area contributed by atoms with E-state index in [0.717, 1.165) is 18.4 Å². The van der Waals surface area contributed by atoms with Gasteiger partial charge in [-0.3, -0.25) is 0 Å².